The van der Waals surface area contributed by atoms with Crippen LogP contribution in [0, 0.1) is 13.8 Å². The summed E-state index contributed by atoms with van der Waals surface area (Å²) >= 11 is 0. The topological polar surface area (TPSA) is 84.1 Å². The van der Waals surface area contributed by atoms with E-state index in [1.807, 2.05) is 19.9 Å². The first kappa shape index (κ1) is 15.8. The molecular formula is C16H19N3O3. The van der Waals surface area contributed by atoms with E-state index in [0.717, 1.165) is 22.4 Å². The molecule has 0 spiro atoms. The van der Waals surface area contributed by atoms with Crippen molar-refractivity contribution in [3.63, 3.8) is 0 Å². The number of ether oxygens (including phenoxy) is 1. The smallest absolute Gasteiger partial charge is 0.271 e. The monoisotopic (exact) mass is 301 g/mol. The zero-order chi connectivity index (χ0) is 16.1. The Bertz CT molecular complexity index is 717. The first-order chi connectivity index (χ1) is 10.5. The van der Waals surface area contributed by atoms with Gasteiger partial charge in [0, 0.05) is 12.6 Å². The van der Waals surface area contributed by atoms with Gasteiger partial charge in [0.2, 0.25) is 0 Å². The molecule has 0 bridgehead atoms. The number of amides is 1. The summed E-state index contributed by atoms with van der Waals surface area (Å²) in [5, 5.41) is 8.72. The summed E-state index contributed by atoms with van der Waals surface area (Å²) in [7, 11) is 1.65. The quantitative estimate of drug-likeness (QED) is 0.873. The van der Waals surface area contributed by atoms with Crippen LogP contribution in [0.15, 0.2) is 29.1 Å². The minimum atomic E-state index is -0.333. The second-order valence-electron chi connectivity index (χ2n) is 5.06. The number of hydrogen-bond donors (Lipinski definition) is 2. The van der Waals surface area contributed by atoms with Crippen molar-refractivity contribution in [2.24, 2.45) is 0 Å². The molecule has 22 heavy (non-hydrogen) atoms. The zero-order valence-electron chi connectivity index (χ0n) is 12.9. The number of hydrogen-bond acceptors (Lipinski definition) is 4. The number of aromatic nitrogens is 2. The molecule has 0 saturated carbocycles. The van der Waals surface area contributed by atoms with Crippen molar-refractivity contribution in [3.8, 4) is 5.75 Å². The van der Waals surface area contributed by atoms with Crippen LogP contribution in [-0.4, -0.2) is 29.8 Å². The van der Waals surface area contributed by atoms with Crippen molar-refractivity contribution in [2.45, 2.75) is 20.3 Å². The molecule has 1 amide bonds. The third-order valence-corrected chi connectivity index (χ3v) is 3.45. The molecule has 1 aromatic carbocycles. The molecule has 0 aliphatic heterocycles. The highest BCUT2D eigenvalue weighted by Gasteiger charge is 2.08. The van der Waals surface area contributed by atoms with Gasteiger partial charge in [-0.25, -0.2) is 5.10 Å². The fraction of sp³-hybridized carbons (Fsp3) is 0.312. The van der Waals surface area contributed by atoms with E-state index >= 15 is 0 Å². The number of aryl methyl sites for hydroxylation is 2. The van der Waals surface area contributed by atoms with E-state index in [2.05, 4.69) is 21.6 Å². The molecule has 0 fully saturated rings. The van der Waals surface area contributed by atoms with Crippen LogP contribution in [-0.2, 0) is 6.42 Å². The summed E-state index contributed by atoms with van der Waals surface area (Å²) in [5.41, 5.74) is 3.21. The van der Waals surface area contributed by atoms with Crippen molar-refractivity contribution < 1.29 is 9.53 Å². The molecule has 1 heterocycles. The van der Waals surface area contributed by atoms with Crippen molar-refractivity contribution in [1.29, 1.82) is 0 Å². The first-order valence-corrected chi connectivity index (χ1v) is 6.99. The van der Waals surface area contributed by atoms with Crippen molar-refractivity contribution >= 4 is 5.91 Å². The predicted octanol–water partition coefficient (Wildman–Crippen LogP) is 1.37. The number of methoxy groups -OCH3 is 1. The molecule has 0 aliphatic rings. The Kier molecular flexibility index (Phi) is 4.93. The van der Waals surface area contributed by atoms with Gasteiger partial charge in [0.15, 0.2) is 0 Å². The average molecular weight is 301 g/mol. The molecule has 2 N–H and O–H groups in total. The van der Waals surface area contributed by atoms with Crippen LogP contribution in [0.4, 0.5) is 0 Å². The van der Waals surface area contributed by atoms with Crippen LogP contribution < -0.4 is 15.6 Å². The number of benzene rings is 1. The largest absolute Gasteiger partial charge is 0.496 e. The van der Waals surface area contributed by atoms with E-state index in [1.165, 1.54) is 12.1 Å². The lowest BCUT2D eigenvalue weighted by Gasteiger charge is -2.11. The Morgan fingerprint density at radius 2 is 2.05 bits per heavy atom. The molecule has 0 saturated heterocycles. The van der Waals surface area contributed by atoms with Crippen LogP contribution in [0.2, 0.25) is 0 Å². The van der Waals surface area contributed by atoms with Crippen LogP contribution >= 0.6 is 0 Å². The van der Waals surface area contributed by atoms with Gasteiger partial charge in [0.25, 0.3) is 11.5 Å². The van der Waals surface area contributed by atoms with Gasteiger partial charge in [0.05, 0.1) is 7.11 Å². The van der Waals surface area contributed by atoms with E-state index in [-0.39, 0.29) is 17.2 Å². The Balaban J connectivity index is 1.96. The molecule has 0 atom stereocenters. The number of H-pyrrole nitrogens is 1. The van der Waals surface area contributed by atoms with E-state index in [4.69, 9.17) is 4.74 Å². The minimum absolute atomic E-state index is 0.197. The summed E-state index contributed by atoms with van der Waals surface area (Å²) < 4.78 is 5.28. The normalized spacial score (nSPS) is 10.3. The molecule has 6 nitrogen and oxygen atoms in total. The van der Waals surface area contributed by atoms with Crippen LogP contribution in [0.5, 0.6) is 5.75 Å². The summed E-state index contributed by atoms with van der Waals surface area (Å²) in [5.74, 6) is 0.557. The minimum Gasteiger partial charge on any atom is -0.496 e. The van der Waals surface area contributed by atoms with Gasteiger partial charge in [-0.3, -0.25) is 9.59 Å². The molecule has 2 aromatic rings. The first-order valence-electron chi connectivity index (χ1n) is 6.99. The number of nitrogens with one attached hydrogen (secondary N) is 2. The van der Waals surface area contributed by atoms with Crippen molar-refractivity contribution in [3.05, 3.63) is 57.0 Å². The van der Waals surface area contributed by atoms with E-state index < -0.39 is 0 Å². The highest BCUT2D eigenvalue weighted by atomic mass is 16.5. The Labute approximate surface area is 128 Å². The van der Waals surface area contributed by atoms with E-state index in [0.29, 0.717) is 13.0 Å². The highest BCUT2D eigenvalue weighted by molar-refractivity contribution is 5.91. The van der Waals surface area contributed by atoms with Crippen molar-refractivity contribution in [1.82, 2.24) is 15.5 Å². The Morgan fingerprint density at radius 3 is 2.68 bits per heavy atom. The third-order valence-electron chi connectivity index (χ3n) is 3.45. The van der Waals surface area contributed by atoms with Gasteiger partial charge >= 0.3 is 0 Å². The third kappa shape index (κ3) is 3.72. The molecule has 1 aromatic heterocycles. The van der Waals surface area contributed by atoms with Gasteiger partial charge in [0.1, 0.15) is 11.4 Å². The van der Waals surface area contributed by atoms with E-state index in [1.54, 1.807) is 7.11 Å². The molecule has 116 valence electrons. The number of aromatic amines is 1. The van der Waals surface area contributed by atoms with Crippen molar-refractivity contribution in [2.75, 3.05) is 13.7 Å². The Hall–Kier alpha value is -2.63. The lowest BCUT2D eigenvalue weighted by molar-refractivity contribution is 0.0948. The van der Waals surface area contributed by atoms with Crippen LogP contribution in [0.3, 0.4) is 0 Å². The maximum absolute atomic E-state index is 11.9. The predicted molar refractivity (Wildman–Crippen MR) is 83.4 cm³/mol. The molecule has 0 unspecified atom stereocenters. The highest BCUT2D eigenvalue weighted by Crippen LogP contribution is 2.22. The Morgan fingerprint density at radius 1 is 1.27 bits per heavy atom. The number of rotatable bonds is 5. The van der Waals surface area contributed by atoms with Gasteiger partial charge in [-0.1, -0.05) is 6.07 Å². The lowest BCUT2D eigenvalue weighted by atomic mass is 10.0. The second-order valence-corrected chi connectivity index (χ2v) is 5.06. The zero-order valence-corrected chi connectivity index (χ0v) is 12.9. The number of carbonyl (C=O) groups excluding carboxylic acids is 1. The standard InChI is InChI=1S/C16H19N3O3/c1-10-9-14(22-3)11(2)8-12(10)6-7-17-16(21)13-4-5-15(20)19-18-13/h4-5,8-9H,6-7H2,1-3H3,(H,17,21)(H,19,20). The lowest BCUT2D eigenvalue weighted by Crippen LogP contribution is -2.27. The fourth-order valence-corrected chi connectivity index (χ4v) is 2.21. The fourth-order valence-electron chi connectivity index (χ4n) is 2.21. The molecule has 0 aliphatic carbocycles. The summed E-state index contributed by atoms with van der Waals surface area (Å²) in [6, 6.07) is 6.74. The summed E-state index contributed by atoms with van der Waals surface area (Å²) in [4.78, 5) is 22.8. The van der Waals surface area contributed by atoms with Crippen LogP contribution in [0.25, 0.3) is 0 Å². The van der Waals surface area contributed by atoms with Gasteiger partial charge in [-0.15, -0.1) is 0 Å². The van der Waals surface area contributed by atoms with Gasteiger partial charge in [-0.2, -0.15) is 5.10 Å². The summed E-state index contributed by atoms with van der Waals surface area (Å²) in [6.07, 6.45) is 0.714. The number of carbonyl (C=O) groups is 1. The van der Waals surface area contributed by atoms with Crippen LogP contribution in [0.1, 0.15) is 27.2 Å². The van der Waals surface area contributed by atoms with Gasteiger partial charge < -0.3 is 10.1 Å². The molecule has 2 rings (SSSR count). The van der Waals surface area contributed by atoms with E-state index in [9.17, 15) is 9.59 Å². The molecule has 6 heteroatoms. The average Bonchev–Trinajstić information content (AvgIpc) is 2.50. The second kappa shape index (κ2) is 6.89. The SMILES string of the molecule is COc1cc(C)c(CCNC(=O)c2ccc(=O)[nH]n2)cc1C. The maximum Gasteiger partial charge on any atom is 0.271 e. The molecular weight excluding hydrogens is 282 g/mol. The maximum atomic E-state index is 11.9. The molecule has 0 radical (unpaired) electrons. The van der Waals surface area contributed by atoms with Gasteiger partial charge in [-0.05, 0) is 49.1 Å². The summed E-state index contributed by atoms with van der Waals surface area (Å²) in [6.45, 7) is 4.50. The number of nitrogens with zero attached hydrogens (tertiary/aromatic N) is 1.